The Morgan fingerprint density at radius 2 is 2.29 bits per heavy atom. The minimum absolute atomic E-state index is 0.571. The first kappa shape index (κ1) is 9.74. The van der Waals surface area contributed by atoms with Gasteiger partial charge in [0, 0.05) is 16.6 Å². The molecular formula is C11H12BrNO. The Morgan fingerprint density at radius 3 is 3.00 bits per heavy atom. The second kappa shape index (κ2) is 3.75. The fourth-order valence-electron chi connectivity index (χ4n) is 1.60. The molecule has 2 N–H and O–H groups in total. The van der Waals surface area contributed by atoms with Crippen molar-refractivity contribution in [3.05, 3.63) is 33.8 Å². The third kappa shape index (κ3) is 1.57. The molecule has 1 aromatic carbocycles. The van der Waals surface area contributed by atoms with Gasteiger partial charge in [-0.15, -0.1) is 0 Å². The highest BCUT2D eigenvalue weighted by atomic mass is 79.9. The molecule has 0 saturated carbocycles. The van der Waals surface area contributed by atoms with Gasteiger partial charge >= 0.3 is 0 Å². The summed E-state index contributed by atoms with van der Waals surface area (Å²) >= 11 is 3.42. The van der Waals surface area contributed by atoms with Crippen molar-refractivity contribution in [2.24, 2.45) is 5.73 Å². The minimum Gasteiger partial charge on any atom is -0.489 e. The second-order valence-corrected chi connectivity index (χ2v) is 4.28. The van der Waals surface area contributed by atoms with Crippen LogP contribution in [0.4, 0.5) is 0 Å². The van der Waals surface area contributed by atoms with Crippen LogP contribution in [0.15, 0.2) is 28.2 Å². The lowest BCUT2D eigenvalue weighted by Gasteiger charge is -2.21. The maximum atomic E-state index is 5.63. The lowest BCUT2D eigenvalue weighted by Crippen LogP contribution is -2.17. The summed E-state index contributed by atoms with van der Waals surface area (Å²) < 4.78 is 6.65. The number of fused-ring (bicyclic) bond motifs is 1. The zero-order chi connectivity index (χ0) is 10.1. The highest BCUT2D eigenvalue weighted by molar-refractivity contribution is 9.10. The Labute approximate surface area is 91.9 Å². The van der Waals surface area contributed by atoms with Crippen molar-refractivity contribution in [2.45, 2.75) is 6.92 Å². The summed E-state index contributed by atoms with van der Waals surface area (Å²) in [5, 5.41) is 0. The van der Waals surface area contributed by atoms with E-state index in [9.17, 15) is 0 Å². The van der Waals surface area contributed by atoms with Gasteiger partial charge in [0.25, 0.3) is 0 Å². The maximum absolute atomic E-state index is 5.63. The summed E-state index contributed by atoms with van der Waals surface area (Å²) in [6, 6.07) is 6.07. The zero-order valence-electron chi connectivity index (χ0n) is 8.01. The predicted molar refractivity (Wildman–Crippen MR) is 61.3 cm³/mol. The third-order valence-corrected chi connectivity index (χ3v) is 3.02. The fraction of sp³-hybridized carbons (Fsp3) is 0.273. The lowest BCUT2D eigenvalue weighted by atomic mass is 9.99. The number of hydrogen-bond acceptors (Lipinski definition) is 2. The van der Waals surface area contributed by atoms with Gasteiger partial charge < -0.3 is 10.5 Å². The number of allylic oxidation sites excluding steroid dienone is 1. The number of nitrogens with two attached hydrogens (primary N) is 1. The highest BCUT2D eigenvalue weighted by Crippen LogP contribution is 2.34. The Balaban J connectivity index is 2.52. The number of hydrogen-bond donors (Lipinski definition) is 1. The van der Waals surface area contributed by atoms with Crippen LogP contribution in [0.3, 0.4) is 0 Å². The standard InChI is InChI=1S/C11H12BrNO/c1-7-8(5-13)6-14-11-4-9(12)2-3-10(7)11/h2-4H,5-6,13H2,1H3. The number of benzene rings is 1. The van der Waals surface area contributed by atoms with E-state index in [-0.39, 0.29) is 0 Å². The van der Waals surface area contributed by atoms with E-state index in [1.807, 2.05) is 12.1 Å². The molecular weight excluding hydrogens is 242 g/mol. The maximum Gasteiger partial charge on any atom is 0.128 e. The largest absolute Gasteiger partial charge is 0.489 e. The van der Waals surface area contributed by atoms with Crippen molar-refractivity contribution in [1.29, 1.82) is 0 Å². The number of rotatable bonds is 1. The SMILES string of the molecule is CC1=C(CN)COc2cc(Br)ccc21. The summed E-state index contributed by atoms with van der Waals surface area (Å²) in [4.78, 5) is 0. The fourth-order valence-corrected chi connectivity index (χ4v) is 1.94. The quantitative estimate of drug-likeness (QED) is 0.835. The summed E-state index contributed by atoms with van der Waals surface area (Å²) in [6.45, 7) is 3.28. The Kier molecular flexibility index (Phi) is 2.61. The average molecular weight is 254 g/mol. The topological polar surface area (TPSA) is 35.2 Å². The van der Waals surface area contributed by atoms with Gasteiger partial charge in [0.05, 0.1) is 0 Å². The van der Waals surface area contributed by atoms with Crippen LogP contribution in [0.1, 0.15) is 12.5 Å². The van der Waals surface area contributed by atoms with Crippen molar-refractivity contribution >= 4 is 21.5 Å². The molecule has 1 heterocycles. The van der Waals surface area contributed by atoms with E-state index in [4.69, 9.17) is 10.5 Å². The van der Waals surface area contributed by atoms with Crippen molar-refractivity contribution in [1.82, 2.24) is 0 Å². The monoisotopic (exact) mass is 253 g/mol. The third-order valence-electron chi connectivity index (χ3n) is 2.53. The molecule has 0 aliphatic carbocycles. The molecule has 2 nitrogen and oxygen atoms in total. The highest BCUT2D eigenvalue weighted by Gasteiger charge is 2.15. The van der Waals surface area contributed by atoms with Crippen LogP contribution in [0.5, 0.6) is 5.75 Å². The van der Waals surface area contributed by atoms with Gasteiger partial charge in [0.2, 0.25) is 0 Å². The van der Waals surface area contributed by atoms with Gasteiger partial charge in [0.1, 0.15) is 12.4 Å². The molecule has 14 heavy (non-hydrogen) atoms. The Bertz CT molecular complexity index is 398. The summed E-state index contributed by atoms with van der Waals surface area (Å²) in [7, 11) is 0. The minimum atomic E-state index is 0.571. The van der Waals surface area contributed by atoms with Crippen LogP contribution in [-0.2, 0) is 0 Å². The molecule has 1 aromatic rings. The van der Waals surface area contributed by atoms with Crippen LogP contribution in [-0.4, -0.2) is 13.2 Å². The summed E-state index contributed by atoms with van der Waals surface area (Å²) in [5.74, 6) is 0.939. The number of ether oxygens (including phenoxy) is 1. The first-order chi connectivity index (χ1) is 6.72. The van der Waals surface area contributed by atoms with Crippen LogP contribution < -0.4 is 10.5 Å². The van der Waals surface area contributed by atoms with Gasteiger partial charge in [0.15, 0.2) is 0 Å². The van der Waals surface area contributed by atoms with Gasteiger partial charge in [-0.2, -0.15) is 0 Å². The van der Waals surface area contributed by atoms with Gasteiger partial charge in [-0.25, -0.2) is 0 Å². The van der Waals surface area contributed by atoms with Gasteiger partial charge in [-0.3, -0.25) is 0 Å². The van der Waals surface area contributed by atoms with Crippen molar-refractivity contribution in [2.75, 3.05) is 13.2 Å². The predicted octanol–water partition coefficient (Wildman–Crippen LogP) is 2.57. The molecule has 0 saturated heterocycles. The molecule has 0 fully saturated rings. The molecule has 3 heteroatoms. The van der Waals surface area contributed by atoms with E-state index in [2.05, 4.69) is 28.9 Å². The summed E-state index contributed by atoms with van der Waals surface area (Å²) in [5.41, 5.74) is 9.22. The molecule has 0 aromatic heterocycles. The molecule has 0 unspecified atom stereocenters. The molecule has 1 aliphatic rings. The van der Waals surface area contributed by atoms with E-state index >= 15 is 0 Å². The molecule has 2 rings (SSSR count). The lowest BCUT2D eigenvalue weighted by molar-refractivity contribution is 0.344. The van der Waals surface area contributed by atoms with E-state index in [1.54, 1.807) is 0 Å². The van der Waals surface area contributed by atoms with Gasteiger partial charge in [-0.1, -0.05) is 15.9 Å². The summed E-state index contributed by atoms with van der Waals surface area (Å²) in [6.07, 6.45) is 0. The second-order valence-electron chi connectivity index (χ2n) is 3.36. The molecule has 0 bridgehead atoms. The van der Waals surface area contributed by atoms with Crippen LogP contribution in [0.2, 0.25) is 0 Å². The van der Waals surface area contributed by atoms with Gasteiger partial charge in [-0.05, 0) is 36.3 Å². The van der Waals surface area contributed by atoms with Crippen molar-refractivity contribution < 1.29 is 4.74 Å². The molecule has 0 radical (unpaired) electrons. The first-order valence-electron chi connectivity index (χ1n) is 4.54. The molecule has 74 valence electrons. The molecule has 0 spiro atoms. The Morgan fingerprint density at radius 1 is 1.50 bits per heavy atom. The average Bonchev–Trinajstić information content (AvgIpc) is 2.18. The van der Waals surface area contributed by atoms with Crippen molar-refractivity contribution in [3.8, 4) is 5.75 Å². The van der Waals surface area contributed by atoms with Crippen LogP contribution >= 0.6 is 15.9 Å². The smallest absolute Gasteiger partial charge is 0.128 e. The van der Waals surface area contributed by atoms with E-state index in [0.717, 1.165) is 15.8 Å². The Hall–Kier alpha value is -0.800. The van der Waals surface area contributed by atoms with Crippen LogP contribution in [0.25, 0.3) is 5.57 Å². The van der Waals surface area contributed by atoms with E-state index in [0.29, 0.717) is 13.2 Å². The zero-order valence-corrected chi connectivity index (χ0v) is 9.60. The van der Waals surface area contributed by atoms with Crippen LogP contribution in [0, 0.1) is 0 Å². The van der Waals surface area contributed by atoms with E-state index < -0.39 is 0 Å². The van der Waals surface area contributed by atoms with Crippen molar-refractivity contribution in [3.63, 3.8) is 0 Å². The van der Waals surface area contributed by atoms with E-state index in [1.165, 1.54) is 11.1 Å². The first-order valence-corrected chi connectivity index (χ1v) is 5.33. The normalized spacial score (nSPS) is 15.1. The molecule has 1 aliphatic heterocycles. The molecule has 0 atom stereocenters. The number of halogens is 1. The molecule has 0 amide bonds.